The van der Waals surface area contributed by atoms with Crippen LogP contribution < -0.4 is 0 Å². The molecule has 0 aromatic rings. The normalized spacial score (nSPS) is 51.4. The topological polar surface area (TPSA) is 72.8 Å². The molecule has 1 N–H and O–H groups in total. The third-order valence-electron chi connectivity index (χ3n) is 9.36. The zero-order valence-corrected chi connectivity index (χ0v) is 18.7. The van der Waals surface area contributed by atoms with Crippen LogP contribution >= 0.6 is 0 Å². The maximum atomic E-state index is 11.8. The van der Waals surface area contributed by atoms with Gasteiger partial charge < -0.3 is 14.6 Å². The summed E-state index contributed by atoms with van der Waals surface area (Å²) in [5, 5.41) is 11.8. The van der Waals surface area contributed by atoms with E-state index < -0.39 is 5.60 Å². The van der Waals surface area contributed by atoms with Crippen molar-refractivity contribution in [2.24, 2.45) is 34.5 Å². The lowest BCUT2D eigenvalue weighted by Gasteiger charge is -2.65. The fourth-order valence-corrected chi connectivity index (χ4v) is 8.69. The lowest BCUT2D eigenvalue weighted by Crippen LogP contribution is -2.64. The van der Waals surface area contributed by atoms with Crippen LogP contribution in [0.5, 0.6) is 0 Å². The van der Waals surface area contributed by atoms with Gasteiger partial charge in [-0.1, -0.05) is 13.8 Å². The van der Waals surface area contributed by atoms with Crippen LogP contribution in [-0.4, -0.2) is 34.9 Å². The highest BCUT2D eigenvalue weighted by molar-refractivity contribution is 5.66. The van der Waals surface area contributed by atoms with Crippen molar-refractivity contribution in [2.45, 2.75) is 104 Å². The number of carbonyl (C=O) groups is 2. The molecular weight excluding hydrogens is 368 g/mol. The Balaban J connectivity index is 1.61. The number of hydrogen-bond donors (Lipinski definition) is 1. The first-order valence-electron chi connectivity index (χ1n) is 11.5. The van der Waals surface area contributed by atoms with Gasteiger partial charge in [0, 0.05) is 19.3 Å². The van der Waals surface area contributed by atoms with E-state index in [1.165, 1.54) is 13.8 Å². The molecule has 7 unspecified atom stereocenters. The molecule has 9 atom stereocenters. The van der Waals surface area contributed by atoms with Crippen LogP contribution in [-0.2, 0) is 19.1 Å². The molecule has 0 heterocycles. The summed E-state index contributed by atoms with van der Waals surface area (Å²) < 4.78 is 11.3. The third-order valence-corrected chi connectivity index (χ3v) is 9.36. The first kappa shape index (κ1) is 21.1. The van der Waals surface area contributed by atoms with Crippen molar-refractivity contribution in [2.75, 3.05) is 0 Å². The SMILES string of the molecule is CC(=O)OC1CCC2(C)C3C(CC[C@H]2C1)C1CCC(OC(C)=O)C1(C)C[C@]3(C)O. The summed E-state index contributed by atoms with van der Waals surface area (Å²) in [5.41, 5.74) is -0.848. The van der Waals surface area contributed by atoms with Crippen molar-refractivity contribution in [3.63, 3.8) is 0 Å². The second-order valence-corrected chi connectivity index (χ2v) is 11.2. The summed E-state index contributed by atoms with van der Waals surface area (Å²) in [7, 11) is 0. The maximum Gasteiger partial charge on any atom is 0.302 e. The molecule has 0 aromatic carbocycles. The van der Waals surface area contributed by atoms with E-state index in [0.717, 1.165) is 44.9 Å². The van der Waals surface area contributed by atoms with Crippen LogP contribution in [0.4, 0.5) is 0 Å². The third kappa shape index (κ3) is 3.32. The quantitative estimate of drug-likeness (QED) is 0.694. The van der Waals surface area contributed by atoms with Crippen molar-refractivity contribution in [1.82, 2.24) is 0 Å². The van der Waals surface area contributed by atoms with Crippen LogP contribution in [0.3, 0.4) is 0 Å². The highest BCUT2D eigenvalue weighted by atomic mass is 16.5. The van der Waals surface area contributed by atoms with Crippen molar-refractivity contribution < 1.29 is 24.2 Å². The second-order valence-electron chi connectivity index (χ2n) is 11.2. The van der Waals surface area contributed by atoms with E-state index in [1.54, 1.807) is 0 Å². The molecule has 5 nitrogen and oxygen atoms in total. The summed E-state index contributed by atoms with van der Waals surface area (Å²) in [6, 6.07) is 0. The minimum absolute atomic E-state index is 0.0285. The lowest BCUT2D eigenvalue weighted by molar-refractivity contribution is -0.228. The van der Waals surface area contributed by atoms with Gasteiger partial charge in [0.05, 0.1) is 5.60 Å². The maximum absolute atomic E-state index is 11.8. The molecule has 0 saturated heterocycles. The van der Waals surface area contributed by atoms with Gasteiger partial charge in [-0.2, -0.15) is 0 Å². The Bertz CT molecular complexity index is 687. The van der Waals surface area contributed by atoms with Crippen molar-refractivity contribution in [1.29, 1.82) is 0 Å². The van der Waals surface area contributed by atoms with Crippen LogP contribution in [0.25, 0.3) is 0 Å². The molecule has 4 saturated carbocycles. The molecule has 164 valence electrons. The van der Waals surface area contributed by atoms with Crippen LogP contribution in [0.1, 0.15) is 86.0 Å². The Morgan fingerprint density at radius 1 is 0.897 bits per heavy atom. The Morgan fingerprint density at radius 3 is 2.24 bits per heavy atom. The van der Waals surface area contributed by atoms with Gasteiger partial charge in [0.2, 0.25) is 0 Å². The van der Waals surface area contributed by atoms with E-state index in [0.29, 0.717) is 24.2 Å². The highest BCUT2D eigenvalue weighted by Gasteiger charge is 2.67. The summed E-state index contributed by atoms with van der Waals surface area (Å²) in [6.07, 6.45) is 7.71. The lowest BCUT2D eigenvalue weighted by atomic mass is 9.41. The average molecular weight is 407 g/mol. The predicted molar refractivity (Wildman–Crippen MR) is 109 cm³/mol. The van der Waals surface area contributed by atoms with Gasteiger partial charge in [0.1, 0.15) is 12.2 Å². The van der Waals surface area contributed by atoms with Crippen molar-refractivity contribution in [3.05, 3.63) is 0 Å². The number of fused-ring (bicyclic) bond motifs is 5. The molecule has 29 heavy (non-hydrogen) atoms. The fraction of sp³-hybridized carbons (Fsp3) is 0.917. The molecule has 0 spiro atoms. The van der Waals surface area contributed by atoms with Crippen molar-refractivity contribution in [3.8, 4) is 0 Å². The smallest absolute Gasteiger partial charge is 0.302 e. The fourth-order valence-electron chi connectivity index (χ4n) is 8.69. The number of ether oxygens (including phenoxy) is 2. The van der Waals surface area contributed by atoms with Gasteiger partial charge in [-0.05, 0) is 87.4 Å². The molecule has 5 heteroatoms. The second kappa shape index (κ2) is 6.96. The van der Waals surface area contributed by atoms with Crippen molar-refractivity contribution >= 4 is 11.9 Å². The number of rotatable bonds is 2. The highest BCUT2D eigenvalue weighted by Crippen LogP contribution is 2.69. The molecule has 0 aromatic heterocycles. The largest absolute Gasteiger partial charge is 0.463 e. The summed E-state index contributed by atoms with van der Waals surface area (Å²) in [6.45, 7) is 9.65. The molecular formula is C24H38O5. The molecule has 0 amide bonds. The Hall–Kier alpha value is -1.10. The van der Waals surface area contributed by atoms with E-state index in [1.807, 2.05) is 6.92 Å². The molecule has 4 fully saturated rings. The number of aliphatic hydroxyl groups is 1. The first-order valence-corrected chi connectivity index (χ1v) is 11.5. The first-order chi connectivity index (χ1) is 13.5. The number of hydrogen-bond acceptors (Lipinski definition) is 5. The van der Waals surface area contributed by atoms with Gasteiger partial charge in [-0.25, -0.2) is 0 Å². The molecule has 0 bridgehead atoms. The molecule has 4 aliphatic carbocycles. The van der Waals surface area contributed by atoms with E-state index in [4.69, 9.17) is 9.47 Å². The molecule has 4 aliphatic rings. The zero-order chi connectivity index (χ0) is 21.2. The Morgan fingerprint density at radius 2 is 1.59 bits per heavy atom. The van der Waals surface area contributed by atoms with E-state index >= 15 is 0 Å². The number of carbonyl (C=O) groups excluding carboxylic acids is 2. The van der Waals surface area contributed by atoms with Gasteiger partial charge in [-0.3, -0.25) is 9.59 Å². The number of esters is 2. The zero-order valence-electron chi connectivity index (χ0n) is 18.7. The summed E-state index contributed by atoms with van der Waals surface area (Å²) in [5.74, 6) is 1.31. The monoisotopic (exact) mass is 406 g/mol. The van der Waals surface area contributed by atoms with E-state index in [9.17, 15) is 14.7 Å². The van der Waals surface area contributed by atoms with E-state index in [2.05, 4.69) is 13.8 Å². The minimum atomic E-state index is -0.777. The van der Waals surface area contributed by atoms with Crippen LogP contribution in [0.2, 0.25) is 0 Å². The van der Waals surface area contributed by atoms with Crippen LogP contribution in [0, 0.1) is 34.5 Å². The predicted octanol–water partition coefficient (Wildman–Crippen LogP) is 4.25. The molecule has 4 rings (SSSR count). The van der Waals surface area contributed by atoms with E-state index in [-0.39, 0.29) is 40.9 Å². The summed E-state index contributed by atoms with van der Waals surface area (Å²) >= 11 is 0. The molecule has 0 radical (unpaired) electrons. The van der Waals surface area contributed by atoms with Gasteiger partial charge in [0.15, 0.2) is 0 Å². The Labute approximate surface area is 174 Å². The summed E-state index contributed by atoms with van der Waals surface area (Å²) in [4.78, 5) is 23.1. The minimum Gasteiger partial charge on any atom is -0.463 e. The Kier molecular flexibility index (Phi) is 5.08. The van der Waals surface area contributed by atoms with Gasteiger partial charge in [-0.15, -0.1) is 0 Å². The van der Waals surface area contributed by atoms with Gasteiger partial charge in [0.25, 0.3) is 0 Å². The average Bonchev–Trinajstić information content (AvgIpc) is 2.88. The van der Waals surface area contributed by atoms with Gasteiger partial charge >= 0.3 is 11.9 Å². The molecule has 0 aliphatic heterocycles. The van der Waals surface area contributed by atoms with Crippen LogP contribution in [0.15, 0.2) is 0 Å². The standard InChI is InChI=1S/C24H38O5/c1-14(25)28-17-10-11-22(3)16(12-17)6-7-18-19-8-9-20(29-15(2)26)23(19,4)13-24(5,27)21(18)22/h16-21,27H,6-13H2,1-5H3/t16-,17?,18?,19?,20?,21?,22?,23?,24-/m0/s1.